The third-order valence-corrected chi connectivity index (χ3v) is 5.48. The maximum atomic E-state index is 13.3. The summed E-state index contributed by atoms with van der Waals surface area (Å²) in [7, 11) is 0. The number of benzene rings is 2. The summed E-state index contributed by atoms with van der Waals surface area (Å²) in [5, 5.41) is 6.09. The van der Waals surface area contributed by atoms with Gasteiger partial charge in [-0.25, -0.2) is 8.78 Å². The van der Waals surface area contributed by atoms with Gasteiger partial charge in [-0.2, -0.15) is 0 Å². The van der Waals surface area contributed by atoms with Crippen LogP contribution in [0.25, 0.3) is 0 Å². The number of rotatable bonds is 6. The van der Waals surface area contributed by atoms with E-state index < -0.39 is 17.5 Å². The lowest BCUT2D eigenvalue weighted by molar-refractivity contribution is -0.121. The fraction of sp³-hybridized carbons (Fsp3) is 0.333. The van der Waals surface area contributed by atoms with Crippen molar-refractivity contribution in [3.8, 4) is 0 Å². The Morgan fingerprint density at radius 1 is 1.03 bits per heavy atom. The molecule has 0 saturated carbocycles. The molecule has 0 aromatic heterocycles. The van der Waals surface area contributed by atoms with Crippen LogP contribution in [0, 0.1) is 11.6 Å². The van der Waals surface area contributed by atoms with Crippen molar-refractivity contribution < 1.29 is 18.4 Å². The number of amides is 2. The minimum absolute atomic E-state index is 0.00488. The molecule has 9 heteroatoms. The Hall–Kier alpha value is -2.22. The second kappa shape index (κ2) is 10.2. The molecular weight excluding hydrogens is 435 g/mol. The van der Waals surface area contributed by atoms with Crippen LogP contribution in [0.15, 0.2) is 36.4 Å². The highest BCUT2D eigenvalue weighted by atomic mass is 35.5. The van der Waals surface area contributed by atoms with Gasteiger partial charge in [-0.15, -0.1) is 0 Å². The van der Waals surface area contributed by atoms with Gasteiger partial charge < -0.3 is 10.6 Å². The molecule has 160 valence electrons. The van der Waals surface area contributed by atoms with E-state index in [0.717, 1.165) is 32.0 Å². The van der Waals surface area contributed by atoms with Crippen molar-refractivity contribution >= 4 is 35.0 Å². The maximum absolute atomic E-state index is 13.3. The molecule has 1 heterocycles. The summed E-state index contributed by atoms with van der Waals surface area (Å²) >= 11 is 11.8. The first-order valence-electron chi connectivity index (χ1n) is 9.50. The quantitative estimate of drug-likeness (QED) is 0.696. The van der Waals surface area contributed by atoms with Gasteiger partial charge in [-0.05, 0) is 48.7 Å². The largest absolute Gasteiger partial charge is 0.352 e. The average Bonchev–Trinajstić information content (AvgIpc) is 2.70. The summed E-state index contributed by atoms with van der Waals surface area (Å²) < 4.78 is 26.4. The Morgan fingerprint density at radius 2 is 1.77 bits per heavy atom. The Labute approximate surface area is 183 Å². The number of hydrogen-bond acceptors (Lipinski definition) is 3. The van der Waals surface area contributed by atoms with Crippen LogP contribution in [0.1, 0.15) is 28.8 Å². The van der Waals surface area contributed by atoms with Crippen LogP contribution >= 0.6 is 23.2 Å². The molecular formula is C21H21Cl2F2N3O2. The topological polar surface area (TPSA) is 61.4 Å². The Morgan fingerprint density at radius 3 is 2.43 bits per heavy atom. The second-order valence-corrected chi connectivity index (χ2v) is 8.02. The molecule has 1 aliphatic rings. The summed E-state index contributed by atoms with van der Waals surface area (Å²) in [5.41, 5.74) is 0.958. The van der Waals surface area contributed by atoms with Crippen LogP contribution in [0.2, 0.25) is 10.0 Å². The van der Waals surface area contributed by atoms with E-state index in [-0.39, 0.29) is 29.1 Å². The van der Waals surface area contributed by atoms with Gasteiger partial charge in [0.2, 0.25) is 5.91 Å². The molecule has 0 radical (unpaired) electrons. The molecule has 3 rings (SSSR count). The number of piperidine rings is 1. The highest BCUT2D eigenvalue weighted by Crippen LogP contribution is 2.21. The first kappa shape index (κ1) is 22.5. The molecule has 1 aliphatic heterocycles. The number of nitrogens with one attached hydrogen (secondary N) is 2. The number of halogens is 4. The maximum Gasteiger partial charge on any atom is 0.253 e. The van der Waals surface area contributed by atoms with Gasteiger partial charge in [0.1, 0.15) is 0 Å². The molecule has 2 N–H and O–H groups in total. The number of likely N-dealkylation sites (tertiary alicyclic amines) is 1. The summed E-state index contributed by atoms with van der Waals surface area (Å²) in [6, 6.07) is 8.42. The first-order valence-corrected chi connectivity index (χ1v) is 10.3. The molecule has 1 saturated heterocycles. The summed E-state index contributed by atoms with van der Waals surface area (Å²) in [5.74, 6) is -2.44. The standard InChI is InChI=1S/C21H21Cl2F2N3O2/c22-14-2-3-16(17(23)10-14)21(30)26-11-20(29)27-15-5-7-28(8-6-15)12-13-1-4-18(24)19(25)9-13/h1-4,9-10,15H,5-8,11-12H2,(H,26,30)(H,27,29). The van der Waals surface area contributed by atoms with Gasteiger partial charge in [-0.1, -0.05) is 29.3 Å². The molecule has 0 aliphatic carbocycles. The van der Waals surface area contributed by atoms with E-state index >= 15 is 0 Å². The molecule has 2 aromatic rings. The van der Waals surface area contributed by atoms with E-state index in [1.165, 1.54) is 18.2 Å². The average molecular weight is 456 g/mol. The van der Waals surface area contributed by atoms with Crippen LogP contribution in [-0.4, -0.2) is 42.4 Å². The zero-order valence-corrected chi connectivity index (χ0v) is 17.6. The van der Waals surface area contributed by atoms with E-state index in [2.05, 4.69) is 15.5 Å². The fourth-order valence-corrected chi connectivity index (χ4v) is 3.83. The van der Waals surface area contributed by atoms with Crippen molar-refractivity contribution in [1.29, 1.82) is 0 Å². The molecule has 2 aromatic carbocycles. The van der Waals surface area contributed by atoms with Crippen molar-refractivity contribution in [3.63, 3.8) is 0 Å². The van der Waals surface area contributed by atoms with E-state index in [4.69, 9.17) is 23.2 Å². The lowest BCUT2D eigenvalue weighted by Crippen LogP contribution is -2.47. The van der Waals surface area contributed by atoms with Crippen LogP contribution in [-0.2, 0) is 11.3 Å². The molecule has 0 unspecified atom stereocenters. The minimum atomic E-state index is -0.856. The molecule has 0 atom stereocenters. The Balaban J connectivity index is 1.40. The predicted octanol–water partition coefficient (Wildman–Crippen LogP) is 3.78. The number of hydrogen-bond donors (Lipinski definition) is 2. The smallest absolute Gasteiger partial charge is 0.253 e. The molecule has 2 amide bonds. The van der Waals surface area contributed by atoms with Gasteiger partial charge in [0, 0.05) is 30.7 Å². The highest BCUT2D eigenvalue weighted by molar-refractivity contribution is 6.36. The normalized spacial score (nSPS) is 15.1. The van der Waals surface area contributed by atoms with Crippen molar-refractivity contribution in [1.82, 2.24) is 15.5 Å². The van der Waals surface area contributed by atoms with Gasteiger partial charge >= 0.3 is 0 Å². The van der Waals surface area contributed by atoms with Crippen LogP contribution in [0.4, 0.5) is 8.78 Å². The van der Waals surface area contributed by atoms with Gasteiger partial charge in [0.15, 0.2) is 11.6 Å². The van der Waals surface area contributed by atoms with Crippen molar-refractivity contribution in [2.24, 2.45) is 0 Å². The molecule has 0 bridgehead atoms. The molecule has 5 nitrogen and oxygen atoms in total. The monoisotopic (exact) mass is 455 g/mol. The van der Waals surface area contributed by atoms with Crippen LogP contribution < -0.4 is 10.6 Å². The second-order valence-electron chi connectivity index (χ2n) is 7.17. The lowest BCUT2D eigenvalue weighted by Gasteiger charge is -2.32. The Bertz CT molecular complexity index is 934. The Kier molecular flexibility index (Phi) is 7.64. The third kappa shape index (κ3) is 6.14. The summed E-state index contributed by atoms with van der Waals surface area (Å²) in [6.45, 7) is 1.80. The van der Waals surface area contributed by atoms with E-state index in [0.29, 0.717) is 17.1 Å². The summed E-state index contributed by atoms with van der Waals surface area (Å²) in [4.78, 5) is 26.4. The van der Waals surface area contributed by atoms with E-state index in [1.807, 2.05) is 0 Å². The lowest BCUT2D eigenvalue weighted by atomic mass is 10.0. The number of carbonyl (C=O) groups is 2. The van der Waals surface area contributed by atoms with E-state index in [9.17, 15) is 18.4 Å². The minimum Gasteiger partial charge on any atom is -0.352 e. The van der Waals surface area contributed by atoms with Crippen LogP contribution in [0.5, 0.6) is 0 Å². The molecule has 0 spiro atoms. The zero-order chi connectivity index (χ0) is 21.7. The van der Waals surface area contributed by atoms with Gasteiger partial charge in [0.05, 0.1) is 17.1 Å². The summed E-state index contributed by atoms with van der Waals surface area (Å²) in [6.07, 6.45) is 1.46. The number of carbonyl (C=O) groups excluding carboxylic acids is 2. The molecule has 1 fully saturated rings. The van der Waals surface area contributed by atoms with Gasteiger partial charge in [0.25, 0.3) is 5.91 Å². The number of nitrogens with zero attached hydrogens (tertiary/aromatic N) is 1. The van der Waals surface area contributed by atoms with Crippen LogP contribution in [0.3, 0.4) is 0 Å². The molecule has 30 heavy (non-hydrogen) atoms. The highest BCUT2D eigenvalue weighted by Gasteiger charge is 2.21. The fourth-order valence-electron chi connectivity index (χ4n) is 3.34. The SMILES string of the molecule is O=C(CNC(=O)c1ccc(Cl)cc1Cl)NC1CCN(Cc2ccc(F)c(F)c2)CC1. The van der Waals surface area contributed by atoms with E-state index in [1.54, 1.807) is 12.1 Å². The zero-order valence-electron chi connectivity index (χ0n) is 16.1. The third-order valence-electron chi connectivity index (χ3n) is 4.93. The van der Waals surface area contributed by atoms with Crippen molar-refractivity contribution in [3.05, 3.63) is 69.2 Å². The first-order chi connectivity index (χ1) is 14.3. The van der Waals surface area contributed by atoms with Crippen molar-refractivity contribution in [2.75, 3.05) is 19.6 Å². The predicted molar refractivity (Wildman–Crippen MR) is 112 cm³/mol. The van der Waals surface area contributed by atoms with Gasteiger partial charge in [-0.3, -0.25) is 14.5 Å². The van der Waals surface area contributed by atoms with Crippen molar-refractivity contribution in [2.45, 2.75) is 25.4 Å².